The van der Waals surface area contributed by atoms with Gasteiger partial charge < -0.3 is 13.9 Å². The molecule has 0 aliphatic heterocycles. The number of nitrogens with one attached hydrogen (secondary N) is 1. The highest BCUT2D eigenvalue weighted by molar-refractivity contribution is 7.98. The van der Waals surface area contributed by atoms with Gasteiger partial charge in [-0.2, -0.15) is 0 Å². The van der Waals surface area contributed by atoms with Gasteiger partial charge in [-0.3, -0.25) is 5.10 Å². The number of aromatic nitrogens is 3. The lowest BCUT2D eigenvalue weighted by Gasteiger charge is -2.05. The minimum absolute atomic E-state index is 0.183. The molecule has 0 saturated carbocycles. The Kier molecular flexibility index (Phi) is 5.30. The highest BCUT2D eigenvalue weighted by Crippen LogP contribution is 2.31. The van der Waals surface area contributed by atoms with E-state index in [1.165, 1.54) is 25.1 Å². The minimum atomic E-state index is -0.514. The van der Waals surface area contributed by atoms with Crippen molar-refractivity contribution in [3.8, 4) is 17.1 Å². The number of halogens is 1. The van der Waals surface area contributed by atoms with Gasteiger partial charge >= 0.3 is 5.97 Å². The summed E-state index contributed by atoms with van der Waals surface area (Å²) in [6, 6.07) is 6.97. The minimum Gasteiger partial charge on any atom is -0.496 e. The van der Waals surface area contributed by atoms with E-state index in [2.05, 4.69) is 19.9 Å². The van der Waals surface area contributed by atoms with E-state index in [-0.39, 0.29) is 5.76 Å². The number of nitrogens with zero attached hydrogens (tertiary/aromatic N) is 2. The van der Waals surface area contributed by atoms with E-state index in [4.69, 9.17) is 20.8 Å². The number of ether oxygens (including phenoxy) is 2. The van der Waals surface area contributed by atoms with Crippen molar-refractivity contribution in [1.29, 1.82) is 0 Å². The summed E-state index contributed by atoms with van der Waals surface area (Å²) in [5.41, 5.74) is 1.43. The lowest BCUT2D eigenvalue weighted by atomic mass is 10.2. The van der Waals surface area contributed by atoms with Crippen LogP contribution in [0.4, 0.5) is 0 Å². The number of rotatable bonds is 6. The second-order valence-corrected chi connectivity index (χ2v) is 6.25. The van der Waals surface area contributed by atoms with Crippen molar-refractivity contribution in [3.63, 3.8) is 0 Å². The molecule has 0 spiro atoms. The molecule has 0 aliphatic carbocycles. The summed E-state index contributed by atoms with van der Waals surface area (Å²) in [6.07, 6.45) is 1.45. The van der Waals surface area contributed by atoms with Crippen molar-refractivity contribution in [3.05, 3.63) is 46.9 Å². The van der Waals surface area contributed by atoms with Crippen molar-refractivity contribution >= 4 is 29.3 Å². The highest BCUT2D eigenvalue weighted by Gasteiger charge is 2.17. The number of hydrogen-bond donors (Lipinski definition) is 1. The van der Waals surface area contributed by atoms with Crippen molar-refractivity contribution in [2.75, 3.05) is 14.2 Å². The lowest BCUT2D eigenvalue weighted by molar-refractivity contribution is 0.0564. The molecule has 0 bridgehead atoms. The second-order valence-electron chi connectivity index (χ2n) is 4.87. The van der Waals surface area contributed by atoms with Crippen LogP contribution in [0, 0.1) is 0 Å². The van der Waals surface area contributed by atoms with E-state index in [1.54, 1.807) is 31.4 Å². The van der Waals surface area contributed by atoms with Crippen molar-refractivity contribution in [1.82, 2.24) is 15.2 Å². The first-order chi connectivity index (χ1) is 12.1. The van der Waals surface area contributed by atoms with Crippen molar-refractivity contribution in [2.24, 2.45) is 0 Å². The Morgan fingerprint density at radius 2 is 2.20 bits per heavy atom. The van der Waals surface area contributed by atoms with Crippen LogP contribution in [-0.4, -0.2) is 35.4 Å². The molecule has 0 saturated heterocycles. The van der Waals surface area contributed by atoms with Gasteiger partial charge in [-0.1, -0.05) is 23.4 Å². The van der Waals surface area contributed by atoms with E-state index in [0.29, 0.717) is 38.6 Å². The van der Waals surface area contributed by atoms with Crippen molar-refractivity contribution < 1.29 is 18.7 Å². The molecule has 0 atom stereocenters. The van der Waals surface area contributed by atoms with Crippen LogP contribution < -0.4 is 4.74 Å². The molecule has 9 heteroatoms. The molecule has 25 heavy (non-hydrogen) atoms. The van der Waals surface area contributed by atoms with Gasteiger partial charge in [0.25, 0.3) is 0 Å². The topological polar surface area (TPSA) is 90.2 Å². The Balaban J connectivity index is 1.76. The van der Waals surface area contributed by atoms with Gasteiger partial charge in [-0.05, 0) is 24.3 Å². The van der Waals surface area contributed by atoms with Crippen LogP contribution >= 0.6 is 23.4 Å². The van der Waals surface area contributed by atoms with Crippen molar-refractivity contribution in [2.45, 2.75) is 10.9 Å². The zero-order valence-electron chi connectivity index (χ0n) is 13.4. The smallest absolute Gasteiger partial charge is 0.374 e. The molecule has 0 aliphatic rings. The molecule has 1 N–H and O–H groups in total. The first-order valence-electron chi connectivity index (χ1n) is 7.16. The average Bonchev–Trinajstić information content (AvgIpc) is 3.28. The first-order valence-corrected chi connectivity index (χ1v) is 8.52. The predicted molar refractivity (Wildman–Crippen MR) is 93.0 cm³/mol. The van der Waals surface area contributed by atoms with Crippen LogP contribution in [0.3, 0.4) is 0 Å². The molecule has 2 heterocycles. The van der Waals surface area contributed by atoms with Crippen LogP contribution in [0.5, 0.6) is 5.75 Å². The quantitative estimate of drug-likeness (QED) is 0.514. The van der Waals surface area contributed by atoms with Crippen LogP contribution in [-0.2, 0) is 10.5 Å². The van der Waals surface area contributed by atoms with Gasteiger partial charge in [0.1, 0.15) is 5.75 Å². The number of hydrogen-bond acceptors (Lipinski definition) is 7. The summed E-state index contributed by atoms with van der Waals surface area (Å²) in [5.74, 6) is 1.31. The average molecular weight is 380 g/mol. The number of esters is 1. The summed E-state index contributed by atoms with van der Waals surface area (Å²) < 4.78 is 15.2. The molecule has 0 unspecified atom stereocenters. The molecule has 7 nitrogen and oxygen atoms in total. The number of carbonyl (C=O) groups excluding carboxylic acids is 1. The molecule has 1 aromatic carbocycles. The highest BCUT2D eigenvalue weighted by atomic mass is 35.5. The summed E-state index contributed by atoms with van der Waals surface area (Å²) in [5, 5.41) is 8.13. The van der Waals surface area contributed by atoms with E-state index >= 15 is 0 Å². The third kappa shape index (κ3) is 3.80. The summed E-state index contributed by atoms with van der Waals surface area (Å²) >= 11 is 7.40. The summed E-state index contributed by atoms with van der Waals surface area (Å²) in [4.78, 5) is 16.0. The third-order valence-electron chi connectivity index (χ3n) is 3.36. The Morgan fingerprint density at radius 3 is 2.96 bits per heavy atom. The standard InChI is InChI=1S/C16H14ClN3O4S/c1-22-12-4-3-10(17)7-11(12)14-18-16(20-19-14)25-8-9-5-6-24-13(9)15(21)23-2/h3-7H,8H2,1-2H3,(H,18,19,20). The number of H-pyrrole nitrogens is 1. The van der Waals surface area contributed by atoms with E-state index in [0.717, 1.165) is 0 Å². The lowest BCUT2D eigenvalue weighted by Crippen LogP contribution is -2.02. The Morgan fingerprint density at radius 1 is 1.36 bits per heavy atom. The van der Waals surface area contributed by atoms with Gasteiger partial charge in [-0.15, -0.1) is 5.10 Å². The number of furan rings is 1. The van der Waals surface area contributed by atoms with Gasteiger partial charge in [0.2, 0.25) is 10.9 Å². The Labute approximate surface area is 152 Å². The zero-order valence-corrected chi connectivity index (χ0v) is 15.0. The zero-order chi connectivity index (χ0) is 17.8. The van der Waals surface area contributed by atoms with Crippen LogP contribution in [0.15, 0.2) is 40.1 Å². The third-order valence-corrected chi connectivity index (χ3v) is 4.49. The molecule has 0 fully saturated rings. The second kappa shape index (κ2) is 7.62. The first kappa shape index (κ1) is 17.4. The summed E-state index contributed by atoms with van der Waals surface area (Å²) in [6.45, 7) is 0. The van der Waals surface area contributed by atoms with Crippen LogP contribution in [0.25, 0.3) is 11.4 Å². The monoisotopic (exact) mass is 379 g/mol. The SMILES string of the molecule is COC(=O)c1occc1CSc1n[nH]c(-c2cc(Cl)ccc2OC)n1. The maximum absolute atomic E-state index is 11.6. The fourth-order valence-corrected chi connectivity index (χ4v) is 3.11. The molecular weight excluding hydrogens is 366 g/mol. The van der Waals surface area contributed by atoms with E-state index in [1.807, 2.05) is 0 Å². The number of carbonyl (C=O) groups is 1. The van der Waals surface area contributed by atoms with Gasteiger partial charge in [0.15, 0.2) is 5.82 Å². The Bertz CT molecular complexity index is 893. The van der Waals surface area contributed by atoms with E-state index in [9.17, 15) is 4.79 Å². The van der Waals surface area contributed by atoms with Crippen LogP contribution in [0.1, 0.15) is 16.1 Å². The maximum Gasteiger partial charge on any atom is 0.374 e. The number of aromatic amines is 1. The van der Waals surface area contributed by atoms with E-state index < -0.39 is 5.97 Å². The predicted octanol–water partition coefficient (Wildman–Crippen LogP) is 3.81. The Hall–Kier alpha value is -2.45. The van der Waals surface area contributed by atoms with Gasteiger partial charge in [0.05, 0.1) is 26.0 Å². The number of thioether (sulfide) groups is 1. The molecule has 2 aromatic heterocycles. The molecule has 3 aromatic rings. The van der Waals surface area contributed by atoms with Gasteiger partial charge in [0, 0.05) is 16.3 Å². The van der Waals surface area contributed by atoms with Crippen LogP contribution in [0.2, 0.25) is 5.02 Å². The largest absolute Gasteiger partial charge is 0.496 e. The normalized spacial score (nSPS) is 10.7. The number of benzene rings is 1. The molecule has 3 rings (SSSR count). The van der Waals surface area contributed by atoms with Gasteiger partial charge in [-0.25, -0.2) is 9.78 Å². The molecular formula is C16H14ClN3O4S. The molecule has 0 amide bonds. The fourth-order valence-electron chi connectivity index (χ4n) is 2.16. The molecule has 0 radical (unpaired) electrons. The molecule has 130 valence electrons. The number of methoxy groups -OCH3 is 2. The maximum atomic E-state index is 11.6. The fraction of sp³-hybridized carbons (Fsp3) is 0.188. The summed E-state index contributed by atoms with van der Waals surface area (Å²) in [7, 11) is 2.88.